The van der Waals surface area contributed by atoms with E-state index in [1.165, 1.54) is 11.0 Å². The van der Waals surface area contributed by atoms with Gasteiger partial charge in [-0.3, -0.25) is 4.79 Å². The Kier molecular flexibility index (Phi) is 5.09. The lowest BCUT2D eigenvalue weighted by atomic mass is 9.97. The molecule has 2 aromatic carbocycles. The molecule has 1 fully saturated rings. The highest BCUT2D eigenvalue weighted by Gasteiger charge is 2.30. The number of rotatable bonds is 3. The lowest BCUT2D eigenvalue weighted by Crippen LogP contribution is -2.39. The van der Waals surface area contributed by atoms with Crippen LogP contribution in [0.25, 0.3) is 11.4 Å². The van der Waals surface area contributed by atoms with E-state index < -0.39 is 17.5 Å². The maximum absolute atomic E-state index is 14.0. The largest absolute Gasteiger partial charge is 0.339 e. The summed E-state index contributed by atoms with van der Waals surface area (Å²) in [5, 5.41) is 4.62. The van der Waals surface area contributed by atoms with Gasteiger partial charge in [0.2, 0.25) is 11.7 Å². The van der Waals surface area contributed by atoms with Crippen LogP contribution in [0.4, 0.5) is 8.78 Å². The second-order valence-electron chi connectivity index (χ2n) is 6.68. The van der Waals surface area contributed by atoms with Gasteiger partial charge in [0.1, 0.15) is 11.6 Å². The van der Waals surface area contributed by atoms with Crippen LogP contribution in [0.5, 0.6) is 0 Å². The van der Waals surface area contributed by atoms with E-state index in [1.807, 2.05) is 0 Å². The van der Waals surface area contributed by atoms with Crippen LogP contribution >= 0.6 is 11.6 Å². The highest BCUT2D eigenvalue weighted by Crippen LogP contribution is 2.29. The van der Waals surface area contributed by atoms with E-state index in [2.05, 4.69) is 10.1 Å². The molecule has 8 heteroatoms. The molecule has 0 N–H and O–H groups in total. The summed E-state index contributed by atoms with van der Waals surface area (Å²) >= 11 is 5.89. The van der Waals surface area contributed by atoms with E-state index >= 15 is 0 Å². The summed E-state index contributed by atoms with van der Waals surface area (Å²) in [4.78, 5) is 18.6. The third-order valence-electron chi connectivity index (χ3n) is 4.76. The molecule has 28 heavy (non-hydrogen) atoms. The Morgan fingerprint density at radius 3 is 2.71 bits per heavy atom. The molecule has 4 rings (SSSR count). The molecule has 144 valence electrons. The van der Waals surface area contributed by atoms with Gasteiger partial charge in [0, 0.05) is 29.7 Å². The minimum absolute atomic E-state index is 0.144. The standard InChI is InChI=1S/C20H16ClF2N3O2/c21-14-5-3-12(4-6-14)18-24-19(28-25-18)13-2-1-9-26(11-13)20(27)16-8-7-15(22)10-17(16)23/h3-8,10,13H,1-2,9,11H2. The van der Waals surface area contributed by atoms with Gasteiger partial charge >= 0.3 is 0 Å². The number of hydrogen-bond donors (Lipinski definition) is 0. The molecule has 0 spiro atoms. The minimum atomic E-state index is -0.866. The molecule has 1 aromatic heterocycles. The van der Waals surface area contributed by atoms with Crippen LogP contribution in [0.1, 0.15) is 35.0 Å². The molecule has 5 nitrogen and oxygen atoms in total. The van der Waals surface area contributed by atoms with E-state index in [0.29, 0.717) is 35.9 Å². The Morgan fingerprint density at radius 1 is 1.18 bits per heavy atom. The Bertz CT molecular complexity index is 1010. The second-order valence-corrected chi connectivity index (χ2v) is 7.11. The van der Waals surface area contributed by atoms with Crippen LogP contribution in [-0.2, 0) is 0 Å². The van der Waals surface area contributed by atoms with Crippen molar-refractivity contribution in [2.24, 2.45) is 0 Å². The fourth-order valence-electron chi connectivity index (χ4n) is 3.31. The summed E-state index contributed by atoms with van der Waals surface area (Å²) in [7, 11) is 0. The Hall–Kier alpha value is -2.80. The number of nitrogens with zero attached hydrogens (tertiary/aromatic N) is 3. The van der Waals surface area contributed by atoms with Gasteiger partial charge in [-0.25, -0.2) is 8.78 Å². The molecule has 1 saturated heterocycles. The first-order valence-corrected chi connectivity index (χ1v) is 9.23. The van der Waals surface area contributed by atoms with Gasteiger partial charge in [0.25, 0.3) is 5.91 Å². The highest BCUT2D eigenvalue weighted by atomic mass is 35.5. The summed E-state index contributed by atoms with van der Waals surface area (Å²) in [6.45, 7) is 0.822. The lowest BCUT2D eigenvalue weighted by molar-refractivity contribution is 0.0691. The Labute approximate surface area is 164 Å². The van der Waals surface area contributed by atoms with Crippen molar-refractivity contribution in [1.82, 2.24) is 15.0 Å². The first kappa shape index (κ1) is 18.6. The van der Waals surface area contributed by atoms with Crippen molar-refractivity contribution in [2.45, 2.75) is 18.8 Å². The van der Waals surface area contributed by atoms with E-state index in [9.17, 15) is 13.6 Å². The minimum Gasteiger partial charge on any atom is -0.339 e. The molecule has 1 unspecified atom stereocenters. The van der Waals surface area contributed by atoms with Crippen LogP contribution in [0.15, 0.2) is 47.0 Å². The Morgan fingerprint density at radius 2 is 1.96 bits per heavy atom. The van der Waals surface area contributed by atoms with Crippen LogP contribution in [-0.4, -0.2) is 34.0 Å². The van der Waals surface area contributed by atoms with E-state index in [0.717, 1.165) is 24.5 Å². The molecule has 1 aliphatic heterocycles. The first-order chi connectivity index (χ1) is 13.5. The van der Waals surface area contributed by atoms with E-state index in [1.54, 1.807) is 24.3 Å². The smallest absolute Gasteiger partial charge is 0.256 e. The van der Waals surface area contributed by atoms with Crippen molar-refractivity contribution in [3.05, 3.63) is 70.6 Å². The van der Waals surface area contributed by atoms with Crippen LogP contribution in [0, 0.1) is 11.6 Å². The molecule has 0 saturated carbocycles. The zero-order valence-electron chi connectivity index (χ0n) is 14.7. The number of benzene rings is 2. The van der Waals surface area contributed by atoms with Gasteiger partial charge in [-0.2, -0.15) is 4.98 Å². The molecular formula is C20H16ClF2N3O2. The van der Waals surface area contributed by atoms with Gasteiger partial charge < -0.3 is 9.42 Å². The molecule has 1 atom stereocenters. The SMILES string of the molecule is O=C(c1ccc(F)cc1F)N1CCCC(c2nc(-c3ccc(Cl)cc3)no2)C1. The molecule has 3 aromatic rings. The van der Waals surface area contributed by atoms with Crippen molar-refractivity contribution < 1.29 is 18.1 Å². The molecule has 0 bridgehead atoms. The number of carbonyl (C=O) groups is 1. The summed E-state index contributed by atoms with van der Waals surface area (Å²) < 4.78 is 32.5. The zero-order chi connectivity index (χ0) is 19.7. The van der Waals surface area contributed by atoms with Crippen molar-refractivity contribution in [2.75, 3.05) is 13.1 Å². The predicted octanol–water partition coefficient (Wildman–Crippen LogP) is 4.69. The fourth-order valence-corrected chi connectivity index (χ4v) is 3.44. The number of amides is 1. The lowest BCUT2D eigenvalue weighted by Gasteiger charge is -2.31. The second kappa shape index (κ2) is 7.67. The van der Waals surface area contributed by atoms with Crippen LogP contribution in [0.3, 0.4) is 0 Å². The topological polar surface area (TPSA) is 59.2 Å². The predicted molar refractivity (Wildman–Crippen MR) is 99.0 cm³/mol. The summed E-state index contributed by atoms with van der Waals surface area (Å²) in [6.07, 6.45) is 1.50. The van der Waals surface area contributed by atoms with E-state index in [4.69, 9.17) is 16.1 Å². The monoisotopic (exact) mass is 403 g/mol. The van der Waals surface area contributed by atoms with E-state index in [-0.39, 0.29) is 11.5 Å². The maximum atomic E-state index is 14.0. The zero-order valence-corrected chi connectivity index (χ0v) is 15.5. The van der Waals surface area contributed by atoms with Crippen molar-refractivity contribution in [3.63, 3.8) is 0 Å². The number of likely N-dealkylation sites (tertiary alicyclic amines) is 1. The third kappa shape index (κ3) is 3.75. The number of carbonyl (C=O) groups excluding carboxylic acids is 1. The maximum Gasteiger partial charge on any atom is 0.256 e. The summed E-state index contributed by atoms with van der Waals surface area (Å²) in [6, 6.07) is 10.0. The normalized spacial score (nSPS) is 17.0. The van der Waals surface area contributed by atoms with Gasteiger partial charge in [-0.15, -0.1) is 0 Å². The molecular weight excluding hydrogens is 388 g/mol. The summed E-state index contributed by atoms with van der Waals surface area (Å²) in [5.41, 5.74) is 0.631. The quantitative estimate of drug-likeness (QED) is 0.636. The van der Waals surface area contributed by atoms with Gasteiger partial charge in [0.15, 0.2) is 0 Å². The number of hydrogen-bond acceptors (Lipinski definition) is 4. The fraction of sp³-hybridized carbons (Fsp3) is 0.250. The Balaban J connectivity index is 1.51. The van der Waals surface area contributed by atoms with Crippen molar-refractivity contribution in [3.8, 4) is 11.4 Å². The average Bonchev–Trinajstić information content (AvgIpc) is 3.18. The average molecular weight is 404 g/mol. The van der Waals surface area contributed by atoms with Crippen LogP contribution in [0.2, 0.25) is 5.02 Å². The number of piperidine rings is 1. The third-order valence-corrected chi connectivity index (χ3v) is 5.02. The molecule has 2 heterocycles. The summed E-state index contributed by atoms with van der Waals surface area (Å²) in [5.74, 6) is -1.32. The van der Waals surface area contributed by atoms with Gasteiger partial charge in [0.05, 0.1) is 11.5 Å². The molecule has 0 radical (unpaired) electrons. The van der Waals surface area contributed by atoms with Crippen molar-refractivity contribution >= 4 is 17.5 Å². The van der Waals surface area contributed by atoms with Crippen LogP contribution < -0.4 is 0 Å². The first-order valence-electron chi connectivity index (χ1n) is 8.85. The molecule has 0 aliphatic carbocycles. The van der Waals surface area contributed by atoms with Gasteiger partial charge in [-0.05, 0) is 49.2 Å². The highest BCUT2D eigenvalue weighted by molar-refractivity contribution is 6.30. The number of aromatic nitrogens is 2. The van der Waals surface area contributed by atoms with Crippen molar-refractivity contribution in [1.29, 1.82) is 0 Å². The number of halogens is 3. The molecule has 1 amide bonds. The molecule has 1 aliphatic rings. The van der Waals surface area contributed by atoms with Gasteiger partial charge in [-0.1, -0.05) is 16.8 Å².